The molecule has 1 saturated heterocycles. The van der Waals surface area contributed by atoms with E-state index in [1.54, 1.807) is 0 Å². The van der Waals surface area contributed by atoms with E-state index in [1.807, 2.05) is 6.08 Å². The predicted molar refractivity (Wildman–Crippen MR) is 101 cm³/mol. The number of hydrogen-bond acceptors (Lipinski definition) is 5. The maximum absolute atomic E-state index is 12.2. The van der Waals surface area contributed by atoms with Gasteiger partial charge in [0.15, 0.2) is 0 Å². The van der Waals surface area contributed by atoms with Gasteiger partial charge in [-0.15, -0.1) is 0 Å². The number of imide groups is 1. The van der Waals surface area contributed by atoms with Crippen LogP contribution in [0.2, 0.25) is 0 Å². The molecule has 1 aliphatic heterocycles. The molecule has 5 nitrogen and oxygen atoms in total. The standard InChI is InChI=1S/C20H29NO4S/c22-18(12-9-14-5-3-1-2-4-6-14)25-16-10-7-15(8-11-16)13-17-19(23)21-20(24)26-17/h13-16H,1-12H2,(H,21,23,24)/b17-13-. The zero-order valence-corrected chi connectivity index (χ0v) is 16.2. The molecule has 0 atom stereocenters. The molecule has 26 heavy (non-hydrogen) atoms. The van der Waals surface area contributed by atoms with Crippen molar-refractivity contribution in [3.63, 3.8) is 0 Å². The maximum Gasteiger partial charge on any atom is 0.306 e. The number of nitrogens with one attached hydrogen (secondary N) is 1. The molecule has 1 N–H and O–H groups in total. The van der Waals surface area contributed by atoms with Crippen molar-refractivity contribution in [2.24, 2.45) is 11.8 Å². The lowest BCUT2D eigenvalue weighted by molar-refractivity contribution is -0.151. The van der Waals surface area contributed by atoms with Crippen molar-refractivity contribution in [3.05, 3.63) is 11.0 Å². The van der Waals surface area contributed by atoms with E-state index in [0.717, 1.165) is 43.9 Å². The van der Waals surface area contributed by atoms with Crippen molar-refractivity contribution >= 4 is 28.9 Å². The fourth-order valence-electron chi connectivity index (χ4n) is 4.24. The lowest BCUT2D eigenvalue weighted by Crippen LogP contribution is -2.24. The highest BCUT2D eigenvalue weighted by molar-refractivity contribution is 8.18. The van der Waals surface area contributed by atoms with Crippen LogP contribution in [-0.2, 0) is 14.3 Å². The molecule has 0 aromatic carbocycles. The molecule has 2 aliphatic carbocycles. The van der Waals surface area contributed by atoms with Gasteiger partial charge < -0.3 is 4.74 Å². The Balaban J connectivity index is 1.35. The van der Waals surface area contributed by atoms with E-state index in [-0.39, 0.29) is 29.1 Å². The van der Waals surface area contributed by atoms with Gasteiger partial charge in [-0.2, -0.15) is 0 Å². The van der Waals surface area contributed by atoms with Gasteiger partial charge in [0.25, 0.3) is 11.1 Å². The van der Waals surface area contributed by atoms with Crippen molar-refractivity contribution in [3.8, 4) is 0 Å². The van der Waals surface area contributed by atoms with Gasteiger partial charge in [-0.05, 0) is 55.7 Å². The molecular formula is C20H29NO4S. The Bertz CT molecular complexity index is 558. The van der Waals surface area contributed by atoms with Crippen molar-refractivity contribution in [2.75, 3.05) is 0 Å². The van der Waals surface area contributed by atoms with E-state index in [1.165, 1.54) is 38.5 Å². The Labute approximate surface area is 159 Å². The monoisotopic (exact) mass is 379 g/mol. The third-order valence-corrected chi connectivity index (χ3v) is 6.61. The first-order valence-electron chi connectivity index (χ1n) is 10.0. The smallest absolute Gasteiger partial charge is 0.306 e. The quantitative estimate of drug-likeness (QED) is 0.426. The Kier molecular flexibility index (Phi) is 7.17. The molecule has 6 heteroatoms. The zero-order chi connectivity index (χ0) is 18.4. The number of amides is 2. The number of hydrogen-bond donors (Lipinski definition) is 1. The zero-order valence-electron chi connectivity index (χ0n) is 15.3. The third kappa shape index (κ3) is 5.86. The second-order valence-corrected chi connectivity index (χ2v) is 8.81. The van der Waals surface area contributed by atoms with Crippen molar-refractivity contribution in [2.45, 2.75) is 83.2 Å². The fourth-order valence-corrected chi connectivity index (χ4v) is 4.99. The number of esters is 1. The first kappa shape index (κ1) is 19.5. The van der Waals surface area contributed by atoms with Crippen LogP contribution >= 0.6 is 11.8 Å². The highest BCUT2D eigenvalue weighted by Gasteiger charge is 2.28. The molecule has 1 heterocycles. The molecule has 0 unspecified atom stereocenters. The summed E-state index contributed by atoms with van der Waals surface area (Å²) in [7, 11) is 0. The Morgan fingerprint density at radius 3 is 2.35 bits per heavy atom. The molecule has 2 amide bonds. The summed E-state index contributed by atoms with van der Waals surface area (Å²) in [5.74, 6) is 0.653. The van der Waals surface area contributed by atoms with Crippen molar-refractivity contribution < 1.29 is 19.1 Å². The molecule has 3 aliphatic rings. The SMILES string of the molecule is O=C(CCC1CCCCCC1)OC1CCC(/C=C2\SC(=O)NC2=O)CC1. The topological polar surface area (TPSA) is 72.5 Å². The molecule has 144 valence electrons. The molecule has 0 aromatic heterocycles. The van der Waals surface area contributed by atoms with Crippen LogP contribution in [0.5, 0.6) is 0 Å². The lowest BCUT2D eigenvalue weighted by atomic mass is 9.87. The van der Waals surface area contributed by atoms with Gasteiger partial charge in [-0.25, -0.2) is 0 Å². The predicted octanol–water partition coefficient (Wildman–Crippen LogP) is 4.71. The summed E-state index contributed by atoms with van der Waals surface area (Å²) in [6.07, 6.45) is 14.7. The second kappa shape index (κ2) is 9.58. The first-order valence-corrected chi connectivity index (χ1v) is 10.9. The van der Waals surface area contributed by atoms with E-state index < -0.39 is 0 Å². The summed E-state index contributed by atoms with van der Waals surface area (Å²) in [5, 5.41) is 1.99. The first-order chi connectivity index (χ1) is 12.6. The number of thioether (sulfide) groups is 1. The van der Waals surface area contributed by atoms with Gasteiger partial charge in [-0.3, -0.25) is 19.7 Å². The summed E-state index contributed by atoms with van der Waals surface area (Å²) in [6.45, 7) is 0. The number of allylic oxidation sites excluding steroid dienone is 1. The minimum atomic E-state index is -0.294. The molecule has 0 aromatic rings. The van der Waals surface area contributed by atoms with Crippen LogP contribution in [0, 0.1) is 11.8 Å². The largest absolute Gasteiger partial charge is 0.462 e. The summed E-state index contributed by atoms with van der Waals surface area (Å²) >= 11 is 0.976. The van der Waals surface area contributed by atoms with E-state index >= 15 is 0 Å². The van der Waals surface area contributed by atoms with Crippen LogP contribution in [0.3, 0.4) is 0 Å². The number of ether oxygens (including phenoxy) is 1. The van der Waals surface area contributed by atoms with Crippen LogP contribution in [-0.4, -0.2) is 23.2 Å². The van der Waals surface area contributed by atoms with Crippen LogP contribution < -0.4 is 5.32 Å². The van der Waals surface area contributed by atoms with Gasteiger partial charge in [0.05, 0.1) is 4.91 Å². The summed E-state index contributed by atoms with van der Waals surface area (Å²) in [4.78, 5) is 35.5. The minimum absolute atomic E-state index is 0.0120. The Morgan fingerprint density at radius 1 is 1.04 bits per heavy atom. The molecule has 0 radical (unpaired) electrons. The molecular weight excluding hydrogens is 350 g/mol. The van der Waals surface area contributed by atoms with Gasteiger partial charge in [-0.1, -0.05) is 44.6 Å². The third-order valence-electron chi connectivity index (χ3n) is 5.78. The molecule has 2 saturated carbocycles. The average Bonchev–Trinajstić information content (AvgIpc) is 2.80. The minimum Gasteiger partial charge on any atom is -0.462 e. The highest BCUT2D eigenvalue weighted by atomic mass is 32.2. The van der Waals surface area contributed by atoms with Crippen LogP contribution in [0.25, 0.3) is 0 Å². The fraction of sp³-hybridized carbons (Fsp3) is 0.750. The number of carbonyl (C=O) groups excluding carboxylic acids is 3. The van der Waals surface area contributed by atoms with Crippen LogP contribution in [0.1, 0.15) is 77.0 Å². The summed E-state index contributed by atoms with van der Waals surface area (Å²) < 4.78 is 5.67. The van der Waals surface area contributed by atoms with E-state index in [0.29, 0.717) is 17.2 Å². The Morgan fingerprint density at radius 2 is 1.73 bits per heavy atom. The Hall–Kier alpha value is -1.30. The van der Waals surface area contributed by atoms with E-state index in [4.69, 9.17) is 4.74 Å². The molecule has 3 rings (SSSR count). The van der Waals surface area contributed by atoms with Gasteiger partial charge >= 0.3 is 5.97 Å². The summed E-state index contributed by atoms with van der Waals surface area (Å²) in [6, 6.07) is 0. The van der Waals surface area contributed by atoms with E-state index in [9.17, 15) is 14.4 Å². The normalized spacial score (nSPS) is 29.5. The van der Waals surface area contributed by atoms with Gasteiger partial charge in [0.1, 0.15) is 6.10 Å². The lowest BCUT2D eigenvalue weighted by Gasteiger charge is -2.27. The molecule has 0 bridgehead atoms. The molecule has 3 fully saturated rings. The summed E-state index contributed by atoms with van der Waals surface area (Å²) in [5.41, 5.74) is 0. The van der Waals surface area contributed by atoms with Crippen molar-refractivity contribution in [1.29, 1.82) is 0 Å². The maximum atomic E-state index is 12.2. The highest BCUT2D eigenvalue weighted by Crippen LogP contribution is 2.32. The van der Waals surface area contributed by atoms with Crippen LogP contribution in [0.4, 0.5) is 4.79 Å². The number of rotatable bonds is 5. The molecule has 0 spiro atoms. The average molecular weight is 380 g/mol. The number of carbonyl (C=O) groups is 3. The van der Waals surface area contributed by atoms with E-state index in [2.05, 4.69) is 5.32 Å². The van der Waals surface area contributed by atoms with Crippen LogP contribution in [0.15, 0.2) is 11.0 Å². The van der Waals surface area contributed by atoms with Gasteiger partial charge in [0.2, 0.25) is 0 Å². The van der Waals surface area contributed by atoms with Crippen molar-refractivity contribution in [1.82, 2.24) is 5.32 Å². The second-order valence-electron chi connectivity index (χ2n) is 7.80. The van der Waals surface area contributed by atoms with Gasteiger partial charge in [0, 0.05) is 6.42 Å².